The van der Waals surface area contributed by atoms with E-state index in [2.05, 4.69) is 20.3 Å². The minimum atomic E-state index is -4.07. The standard InChI is InChI=1S/C31H47N5O8S2/c1-18(2)42-27(37)33-20-11-13-22(25(15-20)46(40,41)35-30(5,6)7)24-16-32-26(45-24)23-14-12-21(34-28(38)43-19(3)4)17-36(23)29(39)44-31(8,9)10/h11,13,15-16,18-19,21,23,35H,12,14,17H2,1-10H3,(H,33,37)(H,34,38)/t21?,23-/m0/s1. The summed E-state index contributed by atoms with van der Waals surface area (Å²) in [7, 11) is -4.07. The number of alkyl carbamates (subject to hydrolysis) is 1. The van der Waals surface area contributed by atoms with E-state index < -0.39 is 45.5 Å². The lowest BCUT2D eigenvalue weighted by Crippen LogP contribution is -2.52. The number of rotatable bonds is 8. The molecule has 0 aliphatic carbocycles. The quantitative estimate of drug-likeness (QED) is 0.267. The number of ether oxygens (including phenoxy) is 3. The number of carbonyl (C=O) groups excluding carboxylic acids is 3. The summed E-state index contributed by atoms with van der Waals surface area (Å²) >= 11 is 1.25. The van der Waals surface area contributed by atoms with Crippen molar-refractivity contribution in [2.75, 3.05) is 11.9 Å². The van der Waals surface area contributed by atoms with E-state index in [0.29, 0.717) is 28.3 Å². The van der Waals surface area contributed by atoms with Crippen LogP contribution < -0.4 is 15.4 Å². The van der Waals surface area contributed by atoms with Crippen LogP contribution in [0, 0.1) is 0 Å². The van der Waals surface area contributed by atoms with Gasteiger partial charge < -0.3 is 19.5 Å². The number of hydrogen-bond acceptors (Lipinski definition) is 10. The normalized spacial score (nSPS) is 17.5. The van der Waals surface area contributed by atoms with Crippen LogP contribution in [0.1, 0.15) is 93.1 Å². The molecule has 3 amide bonds. The van der Waals surface area contributed by atoms with Crippen molar-refractivity contribution in [2.45, 2.75) is 122 Å². The van der Waals surface area contributed by atoms with Crippen LogP contribution in [0.15, 0.2) is 29.3 Å². The lowest BCUT2D eigenvalue weighted by Gasteiger charge is -2.39. The van der Waals surface area contributed by atoms with Gasteiger partial charge in [-0.2, -0.15) is 0 Å². The molecule has 2 heterocycles. The van der Waals surface area contributed by atoms with Crippen molar-refractivity contribution in [2.24, 2.45) is 0 Å². The van der Waals surface area contributed by atoms with Crippen molar-refractivity contribution >= 4 is 45.3 Å². The van der Waals surface area contributed by atoms with Gasteiger partial charge in [-0.3, -0.25) is 10.2 Å². The number of carbonyl (C=O) groups is 3. The molecule has 46 heavy (non-hydrogen) atoms. The summed E-state index contributed by atoms with van der Waals surface area (Å²) in [6, 6.07) is 3.73. The largest absolute Gasteiger partial charge is 0.447 e. The number of sulfonamides is 1. The fourth-order valence-electron chi connectivity index (χ4n) is 4.69. The Morgan fingerprint density at radius 1 is 0.978 bits per heavy atom. The molecule has 1 saturated heterocycles. The number of anilines is 1. The number of thiazole rings is 1. The fourth-order valence-corrected chi connectivity index (χ4v) is 7.53. The van der Waals surface area contributed by atoms with E-state index in [9.17, 15) is 22.8 Å². The first-order valence-electron chi connectivity index (χ1n) is 15.2. The lowest BCUT2D eigenvalue weighted by molar-refractivity contribution is 0.00490. The molecule has 13 nitrogen and oxygen atoms in total. The molecule has 0 saturated carbocycles. The van der Waals surface area contributed by atoms with Gasteiger partial charge in [0.1, 0.15) is 10.6 Å². The maximum atomic E-state index is 13.6. The maximum absolute atomic E-state index is 13.6. The Bertz CT molecular complexity index is 1510. The topological polar surface area (TPSA) is 165 Å². The molecule has 1 aromatic carbocycles. The van der Waals surface area contributed by atoms with Gasteiger partial charge in [0.15, 0.2) is 0 Å². The van der Waals surface area contributed by atoms with Gasteiger partial charge >= 0.3 is 18.3 Å². The Morgan fingerprint density at radius 2 is 1.61 bits per heavy atom. The van der Waals surface area contributed by atoms with E-state index in [1.165, 1.54) is 17.4 Å². The van der Waals surface area contributed by atoms with E-state index in [-0.39, 0.29) is 35.4 Å². The Morgan fingerprint density at radius 3 is 2.20 bits per heavy atom. The van der Waals surface area contributed by atoms with Gasteiger partial charge in [-0.05, 0) is 94.2 Å². The molecule has 1 aliphatic rings. The fraction of sp³-hybridized carbons (Fsp3) is 0.613. The first kappa shape index (κ1) is 37.0. The van der Waals surface area contributed by atoms with Crippen molar-refractivity contribution in [3.05, 3.63) is 29.4 Å². The minimum Gasteiger partial charge on any atom is -0.447 e. The monoisotopic (exact) mass is 681 g/mol. The predicted octanol–water partition coefficient (Wildman–Crippen LogP) is 6.42. The van der Waals surface area contributed by atoms with Gasteiger partial charge in [0.25, 0.3) is 0 Å². The van der Waals surface area contributed by atoms with Gasteiger partial charge in [0.2, 0.25) is 10.0 Å². The second-order valence-corrected chi connectivity index (χ2v) is 16.4. The molecule has 0 radical (unpaired) electrons. The second-order valence-electron chi connectivity index (χ2n) is 13.7. The Hall–Kier alpha value is -3.43. The van der Waals surface area contributed by atoms with Crippen LogP contribution in [0.3, 0.4) is 0 Å². The van der Waals surface area contributed by atoms with Crippen LogP contribution >= 0.6 is 11.3 Å². The zero-order chi connectivity index (χ0) is 34.6. The van der Waals surface area contributed by atoms with E-state index in [0.717, 1.165) is 0 Å². The highest BCUT2D eigenvalue weighted by Gasteiger charge is 2.38. The van der Waals surface area contributed by atoms with Crippen LogP contribution in [-0.4, -0.2) is 72.5 Å². The number of piperidine rings is 1. The third-order valence-corrected chi connectivity index (χ3v) is 9.18. The summed E-state index contributed by atoms with van der Waals surface area (Å²) in [5.41, 5.74) is -0.921. The molecule has 1 aliphatic heterocycles. The van der Waals surface area contributed by atoms with Crippen molar-refractivity contribution in [1.29, 1.82) is 0 Å². The van der Waals surface area contributed by atoms with Gasteiger partial charge in [-0.25, -0.2) is 32.5 Å². The minimum absolute atomic E-state index is 0.0551. The van der Waals surface area contributed by atoms with Crippen molar-refractivity contribution in [3.8, 4) is 10.4 Å². The Kier molecular flexibility index (Phi) is 11.7. The number of nitrogens with one attached hydrogen (secondary N) is 3. The van der Waals surface area contributed by atoms with Gasteiger partial charge in [0.05, 0.1) is 34.1 Å². The van der Waals surface area contributed by atoms with Crippen LogP contribution in [0.2, 0.25) is 0 Å². The summed E-state index contributed by atoms with van der Waals surface area (Å²) in [4.78, 5) is 44.6. The molecule has 2 atom stereocenters. The summed E-state index contributed by atoms with van der Waals surface area (Å²) in [5, 5.41) is 6.00. The highest BCUT2D eigenvalue weighted by molar-refractivity contribution is 7.89. The molecule has 3 N–H and O–H groups in total. The number of nitrogens with zero attached hydrogens (tertiary/aromatic N) is 2. The van der Waals surface area contributed by atoms with Crippen molar-refractivity contribution in [3.63, 3.8) is 0 Å². The molecular weight excluding hydrogens is 635 g/mol. The number of aromatic nitrogens is 1. The predicted molar refractivity (Wildman–Crippen MR) is 176 cm³/mol. The van der Waals surface area contributed by atoms with Crippen LogP contribution in [-0.2, 0) is 24.2 Å². The lowest BCUT2D eigenvalue weighted by atomic mass is 9.99. The zero-order valence-corrected chi connectivity index (χ0v) is 29.9. The molecule has 15 heteroatoms. The van der Waals surface area contributed by atoms with Crippen LogP contribution in [0.5, 0.6) is 0 Å². The number of likely N-dealkylation sites (tertiary alicyclic amines) is 1. The molecule has 1 aromatic heterocycles. The summed E-state index contributed by atoms with van der Waals surface area (Å²) in [6.07, 6.45) is 0.109. The molecule has 1 unspecified atom stereocenters. The molecule has 1 fully saturated rings. The summed E-state index contributed by atoms with van der Waals surface area (Å²) in [6.45, 7) is 17.6. The first-order chi connectivity index (χ1) is 21.1. The van der Waals surface area contributed by atoms with E-state index >= 15 is 0 Å². The SMILES string of the molecule is CC(C)OC(=O)Nc1ccc(-c2cnc([C@@H]3CCC(NC(=O)OC(C)C)CN3C(=O)OC(C)(C)C)s2)c(S(=O)(=O)NC(C)(C)C)c1. The molecule has 256 valence electrons. The third kappa shape index (κ3) is 10.8. The average molecular weight is 682 g/mol. The van der Waals surface area contributed by atoms with Crippen LogP contribution in [0.4, 0.5) is 20.1 Å². The molecule has 0 bridgehead atoms. The van der Waals surface area contributed by atoms with Crippen molar-refractivity contribution < 1.29 is 37.0 Å². The Labute approximate surface area is 275 Å². The van der Waals surface area contributed by atoms with Gasteiger partial charge in [0, 0.05) is 29.5 Å². The highest BCUT2D eigenvalue weighted by atomic mass is 32.2. The number of amides is 3. The maximum Gasteiger partial charge on any atom is 0.411 e. The molecule has 0 spiro atoms. The average Bonchev–Trinajstić information content (AvgIpc) is 3.35. The molecule has 2 aromatic rings. The van der Waals surface area contributed by atoms with Crippen molar-refractivity contribution in [1.82, 2.24) is 19.9 Å². The van der Waals surface area contributed by atoms with E-state index in [4.69, 9.17) is 14.2 Å². The Balaban J connectivity index is 1.99. The summed E-state index contributed by atoms with van der Waals surface area (Å²) in [5.74, 6) is 0. The smallest absolute Gasteiger partial charge is 0.411 e. The molecule has 3 rings (SSSR count). The number of hydrogen-bond donors (Lipinski definition) is 3. The third-order valence-electron chi connectivity index (χ3n) is 6.25. The summed E-state index contributed by atoms with van der Waals surface area (Å²) < 4.78 is 46.1. The van der Waals surface area contributed by atoms with E-state index in [1.54, 1.807) is 92.5 Å². The molecular formula is C31H47N5O8S2. The highest BCUT2D eigenvalue weighted by Crippen LogP contribution is 2.40. The van der Waals surface area contributed by atoms with Crippen LogP contribution in [0.25, 0.3) is 10.4 Å². The first-order valence-corrected chi connectivity index (χ1v) is 17.5. The second kappa shape index (κ2) is 14.6. The number of benzene rings is 1. The van der Waals surface area contributed by atoms with E-state index in [1.807, 2.05) is 0 Å². The van der Waals surface area contributed by atoms with Gasteiger partial charge in [-0.1, -0.05) is 6.07 Å². The van der Waals surface area contributed by atoms with Gasteiger partial charge in [-0.15, -0.1) is 11.3 Å². The zero-order valence-electron chi connectivity index (χ0n) is 28.2.